The lowest BCUT2D eigenvalue weighted by Gasteiger charge is -2.47. The fourth-order valence-electron chi connectivity index (χ4n) is 17.7. The molecule has 70 heavy (non-hydrogen) atoms. The van der Waals surface area contributed by atoms with Gasteiger partial charge in [0.25, 0.3) is 0 Å². The molecule has 4 bridgehead atoms. The molecule has 7 aromatic rings. The minimum atomic E-state index is -0.699. The van der Waals surface area contributed by atoms with Crippen molar-refractivity contribution in [3.05, 3.63) is 191 Å². The van der Waals surface area contributed by atoms with Crippen LogP contribution in [0.1, 0.15) is 131 Å². The summed E-state index contributed by atoms with van der Waals surface area (Å²) in [5.41, 5.74) is 25.0. The van der Waals surface area contributed by atoms with Crippen molar-refractivity contribution in [3.63, 3.8) is 0 Å². The standard InChI is InChI=1S/C68H62O2/c1-6-65-34-36-66(7-2,37-35-65)68(65)58-39-49(45-10-8-42(3)9-11-45)21-25-54(58)55-27-23-51(41-59(55)68)50-22-26-53-52-24-20-48(38-56(52)67(57(53)40-50)63(4)30-32-64(67,5)33-31-63)46-14-12-43(13-15-46)44-16-18-47(19-17-44)62-60(69)28-29-61(62)70/h8-29,38-41,62H,6-7,30-37H2,1-5H3. The lowest BCUT2D eigenvalue weighted by atomic mass is 9.55. The van der Waals surface area contributed by atoms with E-state index in [9.17, 15) is 9.59 Å². The molecule has 7 aliphatic rings. The predicted molar refractivity (Wildman–Crippen MR) is 286 cm³/mol. The summed E-state index contributed by atoms with van der Waals surface area (Å²) in [6, 6.07) is 56.3. The molecule has 0 radical (unpaired) electrons. The molecule has 0 amide bonds. The zero-order valence-corrected chi connectivity index (χ0v) is 41.5. The monoisotopic (exact) mass is 910 g/mol. The van der Waals surface area contributed by atoms with Crippen molar-refractivity contribution in [2.45, 2.75) is 116 Å². The highest BCUT2D eigenvalue weighted by Crippen LogP contribution is 2.81. The number of fused-ring (bicyclic) bond motifs is 6. The largest absolute Gasteiger partial charge is 0.294 e. The molecular weight excluding hydrogens is 849 g/mol. The highest BCUT2D eigenvalue weighted by molar-refractivity contribution is 6.22. The molecule has 0 N–H and O–H groups in total. The van der Waals surface area contributed by atoms with Crippen LogP contribution in [0, 0.1) is 28.6 Å². The van der Waals surface area contributed by atoms with Crippen LogP contribution in [0.25, 0.3) is 66.8 Å². The fourth-order valence-corrected chi connectivity index (χ4v) is 17.7. The molecule has 7 aliphatic carbocycles. The smallest absolute Gasteiger partial charge is 0.171 e. The lowest BCUT2D eigenvalue weighted by molar-refractivity contribution is -0.122. The quantitative estimate of drug-likeness (QED) is 0.149. The molecule has 2 spiro atoms. The van der Waals surface area contributed by atoms with Crippen LogP contribution >= 0.6 is 0 Å². The van der Waals surface area contributed by atoms with Crippen LogP contribution < -0.4 is 0 Å². The Balaban J connectivity index is 0.868. The molecule has 0 unspecified atom stereocenters. The zero-order chi connectivity index (χ0) is 47.6. The maximum absolute atomic E-state index is 12.4. The van der Waals surface area contributed by atoms with E-state index in [1.165, 1.54) is 143 Å². The Morgan fingerprint density at radius 3 is 1.06 bits per heavy atom. The molecule has 346 valence electrons. The van der Waals surface area contributed by atoms with Gasteiger partial charge in [-0.1, -0.05) is 155 Å². The van der Waals surface area contributed by atoms with E-state index in [1.54, 1.807) is 16.7 Å². The maximum atomic E-state index is 12.4. The van der Waals surface area contributed by atoms with E-state index in [4.69, 9.17) is 0 Å². The zero-order valence-electron chi connectivity index (χ0n) is 41.5. The molecule has 0 aromatic heterocycles. The SMILES string of the molecule is CCC12CCC(CC)(CC1)C21c2cc(-c3ccc(C)cc3)ccc2-c2ccc(-c3ccc4c(c3)C3(c5cc(-c6ccc(-c7ccc(C8C(=O)C=CC8=O)cc7)cc6)ccc5-4)C4(C)CCC3(C)CC4)cc21. The minimum Gasteiger partial charge on any atom is -0.294 e. The van der Waals surface area contributed by atoms with Gasteiger partial charge in [0.1, 0.15) is 5.92 Å². The Labute approximate surface area is 414 Å². The van der Waals surface area contributed by atoms with Crippen molar-refractivity contribution < 1.29 is 9.59 Å². The molecule has 14 rings (SSSR count). The molecule has 4 saturated carbocycles. The van der Waals surface area contributed by atoms with Crippen molar-refractivity contribution in [1.29, 1.82) is 0 Å². The van der Waals surface area contributed by atoms with Crippen molar-refractivity contribution in [1.82, 2.24) is 0 Å². The summed E-state index contributed by atoms with van der Waals surface area (Å²) in [6.45, 7) is 12.5. The number of rotatable bonds is 7. The summed E-state index contributed by atoms with van der Waals surface area (Å²) in [5, 5.41) is 0. The van der Waals surface area contributed by atoms with E-state index >= 15 is 0 Å². The average Bonchev–Trinajstić information content (AvgIpc) is 4.24. The molecule has 2 nitrogen and oxygen atoms in total. The Hall–Kier alpha value is -6.38. The molecule has 0 aliphatic heterocycles. The highest BCUT2D eigenvalue weighted by Gasteiger charge is 2.74. The van der Waals surface area contributed by atoms with Crippen molar-refractivity contribution in [2.24, 2.45) is 21.7 Å². The molecule has 0 saturated heterocycles. The third-order valence-corrected chi connectivity index (χ3v) is 21.1. The van der Waals surface area contributed by atoms with E-state index in [0.717, 1.165) is 16.7 Å². The van der Waals surface area contributed by atoms with Gasteiger partial charge < -0.3 is 0 Å². The number of benzene rings is 7. The van der Waals surface area contributed by atoms with E-state index < -0.39 is 5.92 Å². The normalized spacial score (nSPS) is 29.4. The summed E-state index contributed by atoms with van der Waals surface area (Å²) in [4.78, 5) is 24.8. The predicted octanol–water partition coefficient (Wildman–Crippen LogP) is 17.0. The number of allylic oxidation sites excluding steroid dienone is 2. The second kappa shape index (κ2) is 14.4. The van der Waals surface area contributed by atoms with E-state index in [2.05, 4.69) is 156 Å². The van der Waals surface area contributed by atoms with Gasteiger partial charge in [0.05, 0.1) is 0 Å². The first-order chi connectivity index (χ1) is 33.9. The third-order valence-electron chi connectivity index (χ3n) is 21.1. The summed E-state index contributed by atoms with van der Waals surface area (Å²) in [5.74, 6) is -0.963. The minimum absolute atomic E-state index is 0.0000255. The van der Waals surface area contributed by atoms with Crippen LogP contribution in [0.2, 0.25) is 0 Å². The van der Waals surface area contributed by atoms with Gasteiger partial charge in [-0.15, -0.1) is 0 Å². The molecular formula is C68H62O2. The maximum Gasteiger partial charge on any atom is 0.171 e. The molecule has 2 heteroatoms. The fraction of sp³-hybridized carbons (Fsp3) is 0.324. The van der Waals surface area contributed by atoms with Crippen LogP contribution in [0.3, 0.4) is 0 Å². The number of carbonyl (C=O) groups excluding carboxylic acids is 2. The van der Waals surface area contributed by atoms with Crippen molar-refractivity contribution in [2.75, 3.05) is 0 Å². The molecule has 7 aromatic carbocycles. The first kappa shape index (κ1) is 42.5. The van der Waals surface area contributed by atoms with Crippen LogP contribution in [-0.4, -0.2) is 11.6 Å². The second-order valence-electron chi connectivity index (χ2n) is 23.6. The summed E-state index contributed by atoms with van der Waals surface area (Å²) in [7, 11) is 0. The number of hydrogen-bond donors (Lipinski definition) is 0. The van der Waals surface area contributed by atoms with Gasteiger partial charge in [-0.2, -0.15) is 0 Å². The van der Waals surface area contributed by atoms with Gasteiger partial charge >= 0.3 is 0 Å². The number of ketones is 2. The average molecular weight is 911 g/mol. The van der Waals surface area contributed by atoms with Gasteiger partial charge in [-0.25, -0.2) is 0 Å². The Morgan fingerprint density at radius 1 is 0.386 bits per heavy atom. The van der Waals surface area contributed by atoms with Crippen LogP contribution in [-0.2, 0) is 20.4 Å². The van der Waals surface area contributed by atoms with Crippen LogP contribution in [0.15, 0.2) is 158 Å². The lowest BCUT2D eigenvalue weighted by Crippen LogP contribution is -2.45. The third kappa shape index (κ3) is 5.10. The Bertz CT molecular complexity index is 3360. The molecule has 0 heterocycles. The van der Waals surface area contributed by atoms with Crippen LogP contribution in [0.5, 0.6) is 0 Å². The van der Waals surface area contributed by atoms with Gasteiger partial charge in [0.15, 0.2) is 11.6 Å². The van der Waals surface area contributed by atoms with Gasteiger partial charge in [-0.05, 0) is 224 Å². The first-order valence-corrected chi connectivity index (χ1v) is 26.6. The highest BCUT2D eigenvalue weighted by atomic mass is 16.2. The van der Waals surface area contributed by atoms with E-state index in [1.807, 2.05) is 24.3 Å². The first-order valence-electron chi connectivity index (χ1n) is 26.6. The van der Waals surface area contributed by atoms with E-state index in [0.29, 0.717) is 0 Å². The summed E-state index contributed by atoms with van der Waals surface area (Å²) in [6.07, 6.45) is 15.5. The van der Waals surface area contributed by atoms with Crippen molar-refractivity contribution >= 4 is 11.6 Å². The topological polar surface area (TPSA) is 34.1 Å². The second-order valence-corrected chi connectivity index (χ2v) is 23.6. The van der Waals surface area contributed by atoms with Crippen LogP contribution in [0.4, 0.5) is 0 Å². The van der Waals surface area contributed by atoms with Gasteiger partial charge in [0, 0.05) is 10.8 Å². The summed E-state index contributed by atoms with van der Waals surface area (Å²) < 4.78 is 0. The number of aryl methyl sites for hydroxylation is 1. The Morgan fingerprint density at radius 2 is 0.686 bits per heavy atom. The molecule has 4 fully saturated rings. The van der Waals surface area contributed by atoms with Crippen molar-refractivity contribution in [3.8, 4) is 66.8 Å². The number of carbonyl (C=O) groups is 2. The molecule has 0 atom stereocenters. The summed E-state index contributed by atoms with van der Waals surface area (Å²) >= 11 is 0. The van der Waals surface area contributed by atoms with Gasteiger partial charge in [-0.3, -0.25) is 9.59 Å². The van der Waals surface area contributed by atoms with Gasteiger partial charge in [0.2, 0.25) is 0 Å². The Kier molecular flexibility index (Phi) is 8.73. The number of hydrogen-bond acceptors (Lipinski definition) is 2. The van der Waals surface area contributed by atoms with E-state index in [-0.39, 0.29) is 44.1 Å².